The van der Waals surface area contributed by atoms with Crippen molar-refractivity contribution in [3.05, 3.63) is 35.5 Å². The van der Waals surface area contributed by atoms with Gasteiger partial charge in [0.25, 0.3) is 5.91 Å². The van der Waals surface area contributed by atoms with Gasteiger partial charge in [0.15, 0.2) is 0 Å². The molecule has 5 heteroatoms. The van der Waals surface area contributed by atoms with Crippen molar-refractivity contribution in [2.24, 2.45) is 5.41 Å². The van der Waals surface area contributed by atoms with Crippen LogP contribution >= 0.6 is 12.4 Å². The van der Waals surface area contributed by atoms with Crippen molar-refractivity contribution in [1.29, 1.82) is 0 Å². The number of carbonyl (C=O) groups excluding carboxylic acids is 1. The number of nitrogens with zero attached hydrogens (tertiary/aromatic N) is 1. The number of benzene rings is 1. The first kappa shape index (κ1) is 17.3. The monoisotopic (exact) mass is 347 g/mol. The number of amides is 1. The van der Waals surface area contributed by atoms with E-state index in [1.54, 1.807) is 0 Å². The lowest BCUT2D eigenvalue weighted by molar-refractivity contribution is 0.0548. The number of hydrogen-bond acceptors (Lipinski definition) is 2. The van der Waals surface area contributed by atoms with Crippen LogP contribution in [0.1, 0.15) is 42.2 Å². The van der Waals surface area contributed by atoms with Crippen LogP contribution in [0.4, 0.5) is 0 Å². The van der Waals surface area contributed by atoms with Crippen LogP contribution < -0.4 is 5.32 Å². The van der Waals surface area contributed by atoms with E-state index in [1.165, 1.54) is 18.2 Å². The first-order valence-corrected chi connectivity index (χ1v) is 8.82. The zero-order valence-electron chi connectivity index (χ0n) is 14.2. The Labute approximate surface area is 149 Å². The second kappa shape index (κ2) is 6.77. The molecule has 0 saturated carbocycles. The Morgan fingerprint density at radius 2 is 2.12 bits per heavy atom. The SMILES string of the molecule is CCc1c(C(=O)N2CCCC3(CCNC3)C2)[nH]c2ccccc12.Cl. The highest BCUT2D eigenvalue weighted by Crippen LogP contribution is 2.36. The third-order valence-electron chi connectivity index (χ3n) is 5.66. The molecule has 130 valence electrons. The van der Waals surface area contributed by atoms with Crippen LogP contribution in [-0.4, -0.2) is 42.0 Å². The van der Waals surface area contributed by atoms with Gasteiger partial charge in [0.1, 0.15) is 5.69 Å². The molecular formula is C19H26ClN3O. The highest BCUT2D eigenvalue weighted by molar-refractivity contribution is 6.01. The number of H-pyrrole nitrogens is 1. The maximum Gasteiger partial charge on any atom is 0.270 e. The van der Waals surface area contributed by atoms with Gasteiger partial charge in [-0.25, -0.2) is 0 Å². The first-order valence-electron chi connectivity index (χ1n) is 8.82. The standard InChI is InChI=1S/C19H25N3O.ClH/c1-2-14-15-6-3-4-7-16(15)21-17(14)18(23)22-11-5-8-19(13-22)9-10-20-12-19;/h3-4,6-7,20-21H,2,5,8-13H2,1H3;1H. The molecule has 4 rings (SSSR count). The first-order chi connectivity index (χ1) is 11.2. The fourth-order valence-corrected chi connectivity index (χ4v) is 4.43. The Balaban J connectivity index is 0.00000169. The normalized spacial score (nSPS) is 23.6. The summed E-state index contributed by atoms with van der Waals surface area (Å²) in [5.41, 5.74) is 3.35. The molecule has 2 aliphatic heterocycles. The van der Waals surface area contributed by atoms with Crippen molar-refractivity contribution < 1.29 is 4.79 Å². The average Bonchev–Trinajstić information content (AvgIpc) is 3.18. The number of fused-ring (bicyclic) bond motifs is 1. The molecule has 2 aliphatic rings. The lowest BCUT2D eigenvalue weighted by atomic mass is 9.79. The van der Waals surface area contributed by atoms with E-state index in [0.29, 0.717) is 5.41 Å². The summed E-state index contributed by atoms with van der Waals surface area (Å²) in [4.78, 5) is 18.6. The Hall–Kier alpha value is -1.52. The maximum atomic E-state index is 13.2. The number of rotatable bonds is 2. The number of aryl methyl sites for hydroxylation is 1. The molecule has 2 N–H and O–H groups in total. The van der Waals surface area contributed by atoms with Gasteiger partial charge in [-0.2, -0.15) is 0 Å². The van der Waals surface area contributed by atoms with Gasteiger partial charge in [0, 0.05) is 36.0 Å². The predicted molar refractivity (Wildman–Crippen MR) is 100.0 cm³/mol. The molecule has 1 aromatic carbocycles. The van der Waals surface area contributed by atoms with Gasteiger partial charge in [-0.1, -0.05) is 25.1 Å². The van der Waals surface area contributed by atoms with Gasteiger partial charge in [-0.3, -0.25) is 4.79 Å². The fourth-order valence-electron chi connectivity index (χ4n) is 4.43. The van der Waals surface area contributed by atoms with Crippen LogP contribution in [-0.2, 0) is 6.42 Å². The van der Waals surface area contributed by atoms with Gasteiger partial charge in [-0.15, -0.1) is 12.4 Å². The molecule has 4 nitrogen and oxygen atoms in total. The number of halogens is 1. The number of para-hydroxylation sites is 1. The van der Waals surface area contributed by atoms with E-state index in [1.807, 2.05) is 12.1 Å². The van der Waals surface area contributed by atoms with Crippen molar-refractivity contribution in [2.45, 2.75) is 32.6 Å². The molecule has 2 fully saturated rings. The number of carbonyl (C=O) groups is 1. The summed E-state index contributed by atoms with van der Waals surface area (Å²) in [7, 11) is 0. The number of piperidine rings is 1. The molecule has 0 bridgehead atoms. The number of likely N-dealkylation sites (tertiary alicyclic amines) is 1. The van der Waals surface area contributed by atoms with Crippen LogP contribution in [0.15, 0.2) is 24.3 Å². The summed E-state index contributed by atoms with van der Waals surface area (Å²) < 4.78 is 0. The summed E-state index contributed by atoms with van der Waals surface area (Å²) in [5.74, 6) is 0.184. The highest BCUT2D eigenvalue weighted by atomic mass is 35.5. The van der Waals surface area contributed by atoms with Gasteiger partial charge in [-0.05, 0) is 43.9 Å². The molecule has 1 atom stereocenters. The predicted octanol–water partition coefficient (Wildman–Crippen LogP) is 3.37. The molecule has 0 radical (unpaired) electrons. The minimum absolute atomic E-state index is 0. The maximum absolute atomic E-state index is 13.2. The van der Waals surface area contributed by atoms with E-state index in [-0.39, 0.29) is 18.3 Å². The number of aromatic amines is 1. The summed E-state index contributed by atoms with van der Waals surface area (Å²) in [5, 5.41) is 4.67. The number of hydrogen-bond donors (Lipinski definition) is 2. The van der Waals surface area contributed by atoms with E-state index in [4.69, 9.17) is 0 Å². The topological polar surface area (TPSA) is 48.1 Å². The minimum Gasteiger partial charge on any atom is -0.350 e. The quantitative estimate of drug-likeness (QED) is 0.875. The second-order valence-electron chi connectivity index (χ2n) is 7.13. The Bertz CT molecular complexity index is 733. The largest absolute Gasteiger partial charge is 0.350 e. The van der Waals surface area contributed by atoms with Crippen molar-refractivity contribution in [1.82, 2.24) is 15.2 Å². The van der Waals surface area contributed by atoms with Crippen molar-refractivity contribution in [3.63, 3.8) is 0 Å². The summed E-state index contributed by atoms with van der Waals surface area (Å²) in [6.07, 6.45) is 4.45. The van der Waals surface area contributed by atoms with Gasteiger partial charge < -0.3 is 15.2 Å². The Morgan fingerprint density at radius 3 is 2.88 bits per heavy atom. The molecule has 3 heterocycles. The molecule has 1 unspecified atom stereocenters. The molecule has 1 aromatic heterocycles. The van der Waals surface area contributed by atoms with Gasteiger partial charge >= 0.3 is 0 Å². The van der Waals surface area contributed by atoms with E-state index < -0.39 is 0 Å². The lowest BCUT2D eigenvalue weighted by Gasteiger charge is -2.40. The van der Waals surface area contributed by atoms with Crippen molar-refractivity contribution in [2.75, 3.05) is 26.2 Å². The number of nitrogens with one attached hydrogen (secondary N) is 2. The van der Waals surface area contributed by atoms with Gasteiger partial charge in [0.2, 0.25) is 0 Å². The molecular weight excluding hydrogens is 322 g/mol. The van der Waals surface area contributed by atoms with Crippen LogP contribution in [0.3, 0.4) is 0 Å². The Morgan fingerprint density at radius 1 is 1.29 bits per heavy atom. The van der Waals surface area contributed by atoms with Gasteiger partial charge in [0.05, 0.1) is 0 Å². The lowest BCUT2D eigenvalue weighted by Crippen LogP contribution is -2.47. The average molecular weight is 348 g/mol. The minimum atomic E-state index is 0. The molecule has 1 spiro atoms. The zero-order valence-corrected chi connectivity index (χ0v) is 15.0. The van der Waals surface area contributed by atoms with E-state index in [2.05, 4.69) is 34.3 Å². The van der Waals surface area contributed by atoms with Crippen molar-refractivity contribution >= 4 is 29.2 Å². The summed E-state index contributed by atoms with van der Waals surface area (Å²) >= 11 is 0. The smallest absolute Gasteiger partial charge is 0.270 e. The van der Waals surface area contributed by atoms with E-state index in [0.717, 1.165) is 55.8 Å². The highest BCUT2D eigenvalue weighted by Gasteiger charge is 2.40. The van der Waals surface area contributed by atoms with E-state index in [9.17, 15) is 4.79 Å². The number of aromatic nitrogens is 1. The van der Waals surface area contributed by atoms with Crippen LogP contribution in [0.2, 0.25) is 0 Å². The third kappa shape index (κ3) is 2.82. The zero-order chi connectivity index (χ0) is 15.9. The van der Waals surface area contributed by atoms with Crippen LogP contribution in [0, 0.1) is 5.41 Å². The summed E-state index contributed by atoms with van der Waals surface area (Å²) in [6.45, 7) is 6.07. The van der Waals surface area contributed by atoms with Crippen molar-refractivity contribution in [3.8, 4) is 0 Å². The molecule has 2 aromatic rings. The van der Waals surface area contributed by atoms with Crippen LogP contribution in [0.5, 0.6) is 0 Å². The molecule has 1 amide bonds. The molecule has 24 heavy (non-hydrogen) atoms. The molecule has 0 aliphatic carbocycles. The van der Waals surface area contributed by atoms with E-state index >= 15 is 0 Å². The summed E-state index contributed by atoms with van der Waals surface area (Å²) in [6, 6.07) is 8.24. The Kier molecular flexibility index (Phi) is 4.88. The van der Waals surface area contributed by atoms with Crippen LogP contribution in [0.25, 0.3) is 10.9 Å². The third-order valence-corrected chi connectivity index (χ3v) is 5.66. The second-order valence-corrected chi connectivity index (χ2v) is 7.13. The fraction of sp³-hybridized carbons (Fsp3) is 0.526. The molecule has 2 saturated heterocycles.